The number of carboxylic acids is 1. The number of aromatic carboxylic acids is 1. The fourth-order valence-electron chi connectivity index (χ4n) is 7.03. The summed E-state index contributed by atoms with van der Waals surface area (Å²) in [5, 5.41) is 29.7. The Balaban J connectivity index is 1.72. The Morgan fingerprint density at radius 2 is 1.74 bits per heavy atom. The van der Waals surface area contributed by atoms with Gasteiger partial charge in [0.2, 0.25) is 5.91 Å². The number of phenols is 1. The summed E-state index contributed by atoms with van der Waals surface area (Å²) >= 11 is 12.6. The Morgan fingerprint density at radius 1 is 1.00 bits per heavy atom. The van der Waals surface area contributed by atoms with E-state index >= 15 is 8.78 Å². The summed E-state index contributed by atoms with van der Waals surface area (Å²) in [6.45, 7) is 6.27. The first kappa shape index (κ1) is 37.0. The Kier molecular flexibility index (Phi) is 11.1. The summed E-state index contributed by atoms with van der Waals surface area (Å²) < 4.78 is 38.2. The van der Waals surface area contributed by atoms with E-state index in [1.54, 1.807) is 48.5 Å². The van der Waals surface area contributed by atoms with E-state index in [0.717, 1.165) is 0 Å². The van der Waals surface area contributed by atoms with E-state index in [-0.39, 0.29) is 62.4 Å². The molecule has 5 N–H and O–H groups in total. The fraction of sp³-hybridized carbons (Fsp3) is 0.316. The number of nitrogens with one attached hydrogen (secondary N) is 3. The minimum absolute atomic E-state index is 0.0324. The molecule has 4 atom stereocenters. The molecule has 1 saturated heterocycles. The SMILES string of the molecule is COc1cc(C(=O)O)ccc1NC(=O)[C@@H]1N[C@@H](CC(C)(C)C)[C@](CNCc2ccccc2O)(c2ccc(Cl)cc2F)[C@H]1c1cccc(Cl)c1F. The molecule has 1 amide bonds. The van der Waals surface area contributed by atoms with Crippen LogP contribution < -0.4 is 20.7 Å². The van der Waals surface area contributed by atoms with E-state index in [4.69, 9.17) is 27.9 Å². The van der Waals surface area contributed by atoms with E-state index in [1.807, 2.05) is 20.8 Å². The van der Waals surface area contributed by atoms with Gasteiger partial charge in [-0.25, -0.2) is 13.6 Å². The molecule has 0 spiro atoms. The van der Waals surface area contributed by atoms with Gasteiger partial charge < -0.3 is 30.9 Å². The predicted molar refractivity (Wildman–Crippen MR) is 190 cm³/mol. The van der Waals surface area contributed by atoms with Gasteiger partial charge in [-0.05, 0) is 65.4 Å². The molecule has 1 heterocycles. The summed E-state index contributed by atoms with van der Waals surface area (Å²) in [6, 6.07) is 17.9. The second-order valence-electron chi connectivity index (χ2n) is 13.7. The second kappa shape index (κ2) is 14.9. The first-order chi connectivity index (χ1) is 23.7. The Morgan fingerprint density at radius 3 is 2.40 bits per heavy atom. The van der Waals surface area contributed by atoms with Crippen LogP contribution in [-0.2, 0) is 16.8 Å². The molecule has 5 rings (SSSR count). The molecule has 1 aliphatic heterocycles. The number of anilines is 1. The molecule has 0 bridgehead atoms. The van der Waals surface area contributed by atoms with Crippen molar-refractivity contribution in [3.8, 4) is 11.5 Å². The zero-order chi connectivity index (χ0) is 36.4. The molecule has 0 aliphatic carbocycles. The van der Waals surface area contributed by atoms with Gasteiger partial charge in [0.05, 0.1) is 29.4 Å². The number of carbonyl (C=O) groups is 2. The number of hydrogen-bond donors (Lipinski definition) is 5. The summed E-state index contributed by atoms with van der Waals surface area (Å²) in [5.41, 5.74) is -0.677. The van der Waals surface area contributed by atoms with Gasteiger partial charge in [-0.1, -0.05) is 80.4 Å². The quantitative estimate of drug-likeness (QED) is 0.107. The molecule has 4 aromatic rings. The molecule has 264 valence electrons. The molecule has 12 heteroatoms. The highest BCUT2D eigenvalue weighted by atomic mass is 35.5. The molecule has 4 aromatic carbocycles. The normalized spacial score (nSPS) is 20.4. The van der Waals surface area contributed by atoms with Gasteiger partial charge in [-0.2, -0.15) is 0 Å². The lowest BCUT2D eigenvalue weighted by Gasteiger charge is -2.43. The van der Waals surface area contributed by atoms with Crippen molar-refractivity contribution >= 4 is 40.8 Å². The van der Waals surface area contributed by atoms with Crippen molar-refractivity contribution in [3.63, 3.8) is 0 Å². The number of para-hydroxylation sites is 1. The number of halogens is 4. The highest BCUT2D eigenvalue weighted by molar-refractivity contribution is 6.31. The average molecular weight is 727 g/mol. The van der Waals surface area contributed by atoms with E-state index < -0.39 is 46.9 Å². The van der Waals surface area contributed by atoms with Crippen LogP contribution in [0.15, 0.2) is 78.9 Å². The van der Waals surface area contributed by atoms with E-state index in [1.165, 1.54) is 37.4 Å². The molecule has 0 radical (unpaired) electrons. The lowest BCUT2D eigenvalue weighted by atomic mass is 9.61. The number of rotatable bonds is 11. The number of benzene rings is 4. The van der Waals surface area contributed by atoms with Crippen LogP contribution in [0.5, 0.6) is 11.5 Å². The number of carboxylic acid groups (broad SMARTS) is 1. The number of amides is 1. The van der Waals surface area contributed by atoms with Crippen molar-refractivity contribution in [2.75, 3.05) is 19.0 Å². The summed E-state index contributed by atoms with van der Waals surface area (Å²) in [7, 11) is 1.35. The van der Waals surface area contributed by atoms with Crippen molar-refractivity contribution in [1.82, 2.24) is 10.6 Å². The lowest BCUT2D eigenvalue weighted by Crippen LogP contribution is -2.51. The fourth-order valence-corrected chi connectivity index (χ4v) is 7.37. The smallest absolute Gasteiger partial charge is 0.335 e. The predicted octanol–water partition coefficient (Wildman–Crippen LogP) is 7.91. The van der Waals surface area contributed by atoms with Gasteiger partial charge in [-0.15, -0.1) is 0 Å². The number of carbonyl (C=O) groups excluding carboxylic acids is 1. The number of ether oxygens (including phenoxy) is 1. The molecule has 8 nitrogen and oxygen atoms in total. The average Bonchev–Trinajstić information content (AvgIpc) is 3.35. The summed E-state index contributed by atoms with van der Waals surface area (Å²) in [5.74, 6) is -4.05. The Labute approximate surface area is 299 Å². The zero-order valence-electron chi connectivity index (χ0n) is 28.0. The molecule has 1 fully saturated rings. The van der Waals surface area contributed by atoms with Crippen LogP contribution in [-0.4, -0.2) is 47.8 Å². The maximum atomic E-state index is 16.4. The van der Waals surface area contributed by atoms with Crippen LogP contribution >= 0.6 is 23.2 Å². The third-order valence-corrected chi connectivity index (χ3v) is 9.70. The summed E-state index contributed by atoms with van der Waals surface area (Å²) in [4.78, 5) is 26.1. The molecular formula is C38H39Cl2F2N3O5. The molecule has 50 heavy (non-hydrogen) atoms. The molecular weight excluding hydrogens is 687 g/mol. The maximum Gasteiger partial charge on any atom is 0.335 e. The van der Waals surface area contributed by atoms with Gasteiger partial charge in [0, 0.05) is 41.1 Å². The maximum absolute atomic E-state index is 16.4. The topological polar surface area (TPSA) is 120 Å². The Bertz CT molecular complexity index is 1900. The van der Waals surface area contributed by atoms with Crippen molar-refractivity contribution in [2.45, 2.75) is 57.2 Å². The molecule has 0 saturated carbocycles. The first-order valence-electron chi connectivity index (χ1n) is 16.0. The minimum atomic E-state index is -1.35. The second-order valence-corrected chi connectivity index (χ2v) is 14.5. The number of methoxy groups -OCH3 is 1. The van der Waals surface area contributed by atoms with Crippen molar-refractivity contribution in [1.29, 1.82) is 0 Å². The summed E-state index contributed by atoms with van der Waals surface area (Å²) in [6.07, 6.45) is 0.423. The highest BCUT2D eigenvalue weighted by Crippen LogP contribution is 2.53. The van der Waals surface area contributed by atoms with Gasteiger partial charge in [0.1, 0.15) is 23.1 Å². The van der Waals surface area contributed by atoms with Crippen molar-refractivity contribution in [2.24, 2.45) is 5.41 Å². The monoisotopic (exact) mass is 725 g/mol. The number of hydrogen-bond acceptors (Lipinski definition) is 6. The third-order valence-electron chi connectivity index (χ3n) is 9.17. The van der Waals surface area contributed by atoms with Gasteiger partial charge in [-0.3, -0.25) is 4.79 Å². The molecule has 0 aromatic heterocycles. The van der Waals surface area contributed by atoms with Crippen LogP contribution in [0.1, 0.15) is 60.2 Å². The van der Waals surface area contributed by atoms with Gasteiger partial charge >= 0.3 is 5.97 Å². The largest absolute Gasteiger partial charge is 0.508 e. The van der Waals surface area contributed by atoms with Crippen LogP contribution in [0, 0.1) is 17.0 Å². The standard InChI is InChI=1S/C38H39Cl2F2N3O5/c1-37(2,3)18-31-38(25-14-13-23(39)17-27(25)41,20-43-19-22-8-5-6-11-29(22)46)32(24-9-7-10-26(40)33(24)42)34(45-31)35(47)44-28-15-12-21(36(48)49)16-30(28)50-4/h5-17,31-32,34,43,45-46H,18-20H2,1-4H3,(H,44,47)(H,48,49)/t31-,32-,34+,38-/m0/s1. The zero-order valence-corrected chi connectivity index (χ0v) is 29.5. The third kappa shape index (κ3) is 7.58. The first-order valence-corrected chi connectivity index (χ1v) is 16.8. The van der Waals surface area contributed by atoms with Crippen LogP contribution in [0.2, 0.25) is 10.0 Å². The molecule has 0 unspecified atom stereocenters. The van der Waals surface area contributed by atoms with E-state index in [0.29, 0.717) is 12.0 Å². The van der Waals surface area contributed by atoms with Gasteiger partial charge in [0.25, 0.3) is 0 Å². The van der Waals surface area contributed by atoms with Crippen LogP contribution in [0.4, 0.5) is 14.5 Å². The number of phenolic OH excluding ortho intramolecular Hbond substituents is 1. The van der Waals surface area contributed by atoms with E-state index in [2.05, 4.69) is 16.0 Å². The van der Waals surface area contributed by atoms with Crippen LogP contribution in [0.3, 0.4) is 0 Å². The minimum Gasteiger partial charge on any atom is -0.508 e. The van der Waals surface area contributed by atoms with Gasteiger partial charge in [0.15, 0.2) is 0 Å². The molecule has 1 aliphatic rings. The Hall–Kier alpha value is -4.22. The number of aromatic hydroxyl groups is 1. The van der Waals surface area contributed by atoms with E-state index in [9.17, 15) is 19.8 Å². The van der Waals surface area contributed by atoms with Crippen LogP contribution in [0.25, 0.3) is 0 Å². The highest BCUT2D eigenvalue weighted by Gasteiger charge is 2.60. The van der Waals surface area contributed by atoms with Crippen molar-refractivity contribution in [3.05, 3.63) is 123 Å². The van der Waals surface area contributed by atoms with Crippen molar-refractivity contribution < 1.29 is 33.3 Å². The lowest BCUT2D eigenvalue weighted by molar-refractivity contribution is -0.118.